The third-order valence-corrected chi connectivity index (χ3v) is 7.63. The van der Waals surface area contributed by atoms with Crippen LogP contribution in [0.15, 0.2) is 18.2 Å². The Balaban J connectivity index is 1.25. The molecular weight excluding hydrogens is 396 g/mol. The molecule has 1 spiro atoms. The summed E-state index contributed by atoms with van der Waals surface area (Å²) in [6.07, 6.45) is 5.53. The van der Waals surface area contributed by atoms with Crippen LogP contribution in [0.4, 0.5) is 0 Å². The molecule has 1 aliphatic carbocycles. The third kappa shape index (κ3) is 3.47. The molecule has 5 rings (SSSR count). The van der Waals surface area contributed by atoms with Crippen molar-refractivity contribution in [1.82, 2.24) is 20.9 Å². The van der Waals surface area contributed by atoms with Crippen molar-refractivity contribution in [2.45, 2.75) is 51.1 Å². The summed E-state index contributed by atoms with van der Waals surface area (Å²) in [5.74, 6) is -1.26. The number of carbonyl (C=O) groups is 4. The number of carbonyl (C=O) groups excluding carboxylic acids is 4. The number of hydrogen-bond acceptors (Lipinski definition) is 6. The first-order valence-electron chi connectivity index (χ1n) is 11.2. The molecule has 0 aromatic heterocycles. The van der Waals surface area contributed by atoms with Crippen molar-refractivity contribution in [2.24, 2.45) is 11.3 Å². The first kappa shape index (κ1) is 20.3. The van der Waals surface area contributed by atoms with Gasteiger partial charge in [0.25, 0.3) is 11.8 Å². The summed E-state index contributed by atoms with van der Waals surface area (Å²) in [4.78, 5) is 50.3. The number of piperidine rings is 2. The number of nitrogens with one attached hydrogen (secondary N) is 3. The van der Waals surface area contributed by atoms with Crippen LogP contribution >= 0.6 is 0 Å². The lowest BCUT2D eigenvalue weighted by molar-refractivity contribution is -0.136. The maximum atomic E-state index is 12.9. The van der Waals surface area contributed by atoms with Crippen LogP contribution in [0.1, 0.15) is 64.8 Å². The molecule has 0 bridgehead atoms. The second-order valence-corrected chi connectivity index (χ2v) is 9.33. The SMILES string of the molecule is O=C1CCC(N2C(=O)c3ccc(CNCC4CNCCC45CCC5)cc3C2=O)C(=O)N1. The molecule has 2 saturated heterocycles. The van der Waals surface area contributed by atoms with Gasteiger partial charge in [-0.15, -0.1) is 0 Å². The lowest BCUT2D eigenvalue weighted by atomic mass is 9.58. The largest absolute Gasteiger partial charge is 0.316 e. The fourth-order valence-corrected chi connectivity index (χ4v) is 5.63. The molecule has 8 nitrogen and oxygen atoms in total. The van der Waals surface area contributed by atoms with E-state index in [1.54, 1.807) is 12.1 Å². The Morgan fingerprint density at radius 3 is 2.61 bits per heavy atom. The van der Waals surface area contributed by atoms with Gasteiger partial charge in [0.15, 0.2) is 0 Å². The van der Waals surface area contributed by atoms with E-state index in [1.165, 1.54) is 25.7 Å². The van der Waals surface area contributed by atoms with Gasteiger partial charge in [-0.1, -0.05) is 12.5 Å². The zero-order valence-corrected chi connectivity index (χ0v) is 17.5. The van der Waals surface area contributed by atoms with Gasteiger partial charge < -0.3 is 10.6 Å². The molecule has 3 aliphatic heterocycles. The van der Waals surface area contributed by atoms with Crippen LogP contribution in [0.2, 0.25) is 0 Å². The highest BCUT2D eigenvalue weighted by molar-refractivity contribution is 6.23. The van der Waals surface area contributed by atoms with Crippen molar-refractivity contribution in [3.05, 3.63) is 34.9 Å². The normalized spacial score (nSPS) is 27.3. The van der Waals surface area contributed by atoms with Crippen LogP contribution in [0.3, 0.4) is 0 Å². The Labute approximate surface area is 181 Å². The first-order valence-corrected chi connectivity index (χ1v) is 11.2. The highest BCUT2D eigenvalue weighted by Crippen LogP contribution is 2.50. The van der Waals surface area contributed by atoms with Gasteiger partial charge in [-0.05, 0) is 67.8 Å². The Morgan fingerprint density at radius 1 is 1.06 bits per heavy atom. The summed E-state index contributed by atoms with van der Waals surface area (Å²) < 4.78 is 0. The molecule has 3 heterocycles. The molecule has 3 N–H and O–H groups in total. The third-order valence-electron chi connectivity index (χ3n) is 7.63. The molecule has 31 heavy (non-hydrogen) atoms. The van der Waals surface area contributed by atoms with E-state index in [0.717, 1.165) is 30.1 Å². The number of hydrogen-bond donors (Lipinski definition) is 3. The second kappa shape index (κ2) is 7.84. The van der Waals surface area contributed by atoms with Crippen molar-refractivity contribution in [3.8, 4) is 0 Å². The maximum Gasteiger partial charge on any atom is 0.262 e. The van der Waals surface area contributed by atoms with Crippen LogP contribution in [0, 0.1) is 11.3 Å². The van der Waals surface area contributed by atoms with E-state index >= 15 is 0 Å². The Hall–Kier alpha value is -2.58. The smallest absolute Gasteiger partial charge is 0.262 e. The molecular formula is C23H28N4O4. The number of nitrogens with zero attached hydrogens (tertiary/aromatic N) is 1. The van der Waals surface area contributed by atoms with Crippen molar-refractivity contribution in [1.29, 1.82) is 0 Å². The van der Waals surface area contributed by atoms with Crippen molar-refractivity contribution in [2.75, 3.05) is 19.6 Å². The molecule has 4 aliphatic rings. The number of rotatable bonds is 5. The summed E-state index contributed by atoms with van der Waals surface area (Å²) in [6, 6.07) is 4.37. The van der Waals surface area contributed by atoms with E-state index in [-0.39, 0.29) is 18.7 Å². The lowest BCUT2D eigenvalue weighted by Crippen LogP contribution is -2.54. The summed E-state index contributed by atoms with van der Waals surface area (Å²) in [5, 5.41) is 9.28. The Kier molecular flexibility index (Phi) is 5.14. The van der Waals surface area contributed by atoms with E-state index in [2.05, 4.69) is 16.0 Å². The van der Waals surface area contributed by atoms with Crippen molar-refractivity contribution < 1.29 is 19.2 Å². The Morgan fingerprint density at radius 2 is 1.87 bits per heavy atom. The molecule has 1 saturated carbocycles. The molecule has 0 radical (unpaired) electrons. The maximum absolute atomic E-state index is 12.9. The highest BCUT2D eigenvalue weighted by Gasteiger charge is 2.45. The number of amides is 4. The Bertz CT molecular complexity index is 955. The number of fused-ring (bicyclic) bond motifs is 1. The molecule has 1 aromatic carbocycles. The minimum Gasteiger partial charge on any atom is -0.316 e. The monoisotopic (exact) mass is 424 g/mol. The number of benzene rings is 1. The highest BCUT2D eigenvalue weighted by atomic mass is 16.2. The minimum atomic E-state index is -0.927. The van der Waals surface area contributed by atoms with E-state index in [0.29, 0.717) is 29.0 Å². The van der Waals surface area contributed by atoms with Gasteiger partial charge in [0.2, 0.25) is 11.8 Å². The topological polar surface area (TPSA) is 108 Å². The molecule has 3 fully saturated rings. The zero-order chi connectivity index (χ0) is 21.6. The van der Waals surface area contributed by atoms with Gasteiger partial charge in [0.1, 0.15) is 6.04 Å². The van der Waals surface area contributed by atoms with Crippen LogP contribution in [-0.4, -0.2) is 54.2 Å². The predicted octanol–water partition coefficient (Wildman–Crippen LogP) is 0.957. The second-order valence-electron chi connectivity index (χ2n) is 9.33. The van der Waals surface area contributed by atoms with Crippen LogP contribution in [-0.2, 0) is 16.1 Å². The standard InChI is InChI=1S/C23H28N4O4/c28-19-5-4-18(20(29)26-19)27-21(30)16-3-2-14(10-17(16)22(27)31)11-25-13-15-12-24-9-8-23(15)6-1-7-23/h2-3,10,15,18,24-25H,1,4-9,11-13H2,(H,26,28,29). The van der Waals surface area contributed by atoms with Crippen LogP contribution in [0.5, 0.6) is 0 Å². The number of imide groups is 2. The van der Waals surface area contributed by atoms with Gasteiger partial charge in [0, 0.05) is 19.5 Å². The van der Waals surface area contributed by atoms with Gasteiger partial charge in [-0.3, -0.25) is 29.4 Å². The van der Waals surface area contributed by atoms with Gasteiger partial charge >= 0.3 is 0 Å². The van der Waals surface area contributed by atoms with E-state index in [4.69, 9.17) is 0 Å². The van der Waals surface area contributed by atoms with Gasteiger partial charge in [0.05, 0.1) is 11.1 Å². The van der Waals surface area contributed by atoms with E-state index in [1.807, 2.05) is 6.07 Å². The summed E-state index contributed by atoms with van der Waals surface area (Å²) in [7, 11) is 0. The van der Waals surface area contributed by atoms with E-state index in [9.17, 15) is 19.2 Å². The molecule has 4 amide bonds. The van der Waals surface area contributed by atoms with Crippen LogP contribution in [0.25, 0.3) is 0 Å². The van der Waals surface area contributed by atoms with E-state index < -0.39 is 23.8 Å². The zero-order valence-electron chi connectivity index (χ0n) is 17.5. The summed E-state index contributed by atoms with van der Waals surface area (Å²) in [5.41, 5.74) is 2.10. The lowest BCUT2D eigenvalue weighted by Gasteiger charge is -2.51. The fraction of sp³-hybridized carbons (Fsp3) is 0.565. The minimum absolute atomic E-state index is 0.122. The van der Waals surface area contributed by atoms with Gasteiger partial charge in [-0.2, -0.15) is 0 Å². The van der Waals surface area contributed by atoms with Crippen molar-refractivity contribution in [3.63, 3.8) is 0 Å². The predicted molar refractivity (Wildman–Crippen MR) is 112 cm³/mol. The average molecular weight is 425 g/mol. The van der Waals surface area contributed by atoms with Crippen LogP contribution < -0.4 is 16.0 Å². The first-order chi connectivity index (χ1) is 15.0. The molecule has 1 aromatic rings. The quantitative estimate of drug-likeness (QED) is 0.608. The van der Waals surface area contributed by atoms with Crippen molar-refractivity contribution >= 4 is 23.6 Å². The molecule has 164 valence electrons. The molecule has 8 heteroatoms. The summed E-state index contributed by atoms with van der Waals surface area (Å²) >= 11 is 0. The average Bonchev–Trinajstić information content (AvgIpc) is 2.97. The van der Waals surface area contributed by atoms with Gasteiger partial charge in [-0.25, -0.2) is 0 Å². The molecule has 2 atom stereocenters. The fourth-order valence-electron chi connectivity index (χ4n) is 5.63. The molecule has 2 unspecified atom stereocenters. The summed E-state index contributed by atoms with van der Waals surface area (Å²) in [6.45, 7) is 3.71.